The number of alkyl carbamates (subject to hydrolysis) is 1. The van der Waals surface area contributed by atoms with Crippen molar-refractivity contribution in [3.05, 3.63) is 69.3 Å². The highest BCUT2D eigenvalue weighted by Crippen LogP contribution is 2.28. The van der Waals surface area contributed by atoms with Gasteiger partial charge in [0, 0.05) is 10.1 Å². The molecule has 2 rings (SSSR count). The summed E-state index contributed by atoms with van der Waals surface area (Å²) in [5.74, 6) is 0.147. The normalized spacial score (nSPS) is 13.9. The molecule has 30 heavy (non-hydrogen) atoms. The van der Waals surface area contributed by atoms with Gasteiger partial charge in [0.2, 0.25) is 0 Å². The number of ether oxygens (including phenoxy) is 2. The van der Waals surface area contributed by atoms with E-state index in [1.165, 1.54) is 0 Å². The number of alkyl halides is 1. The largest absolute Gasteiger partial charge is 0.445 e. The topological polar surface area (TPSA) is 64.6 Å². The molecule has 0 spiro atoms. The molecule has 0 heterocycles. The average Bonchev–Trinajstić information content (AvgIpc) is 2.76. The third-order valence-electron chi connectivity index (χ3n) is 4.80. The maximum Gasteiger partial charge on any atom is 0.407 e. The second kappa shape index (κ2) is 12.4. The van der Waals surface area contributed by atoms with Gasteiger partial charge in [-0.15, -0.1) is 0 Å². The van der Waals surface area contributed by atoms with Crippen LogP contribution in [0.5, 0.6) is 0 Å². The Balaban J connectivity index is 1.79. The molecule has 0 saturated heterocycles. The van der Waals surface area contributed by atoms with Crippen molar-refractivity contribution in [3.8, 4) is 0 Å². The van der Waals surface area contributed by atoms with Gasteiger partial charge in [-0.3, -0.25) is 4.79 Å². The van der Waals surface area contributed by atoms with E-state index >= 15 is 0 Å². The summed E-state index contributed by atoms with van der Waals surface area (Å²) in [6.07, 6.45) is -0.455. The summed E-state index contributed by atoms with van der Waals surface area (Å²) in [6.45, 7) is 5.26. The lowest BCUT2D eigenvalue weighted by Crippen LogP contribution is -2.39. The van der Waals surface area contributed by atoms with E-state index in [0.717, 1.165) is 14.7 Å². The van der Waals surface area contributed by atoms with Gasteiger partial charge in [0.15, 0.2) is 5.78 Å². The maximum atomic E-state index is 12.6. The Bertz CT molecular complexity index is 833. The molecule has 7 heteroatoms. The first-order valence-electron chi connectivity index (χ1n) is 9.72. The van der Waals surface area contributed by atoms with Gasteiger partial charge in [-0.25, -0.2) is 4.79 Å². The lowest BCUT2D eigenvalue weighted by atomic mass is 9.80. The van der Waals surface area contributed by atoms with Crippen molar-refractivity contribution in [2.45, 2.75) is 25.9 Å². The number of rotatable bonds is 11. The molecule has 2 aromatic rings. The molecule has 5 nitrogen and oxygen atoms in total. The molecular formula is C23H27BrINO4. The molecule has 2 unspecified atom stereocenters. The quantitative estimate of drug-likeness (QED) is 0.294. The summed E-state index contributed by atoms with van der Waals surface area (Å²) in [7, 11) is 0. The molecule has 0 bridgehead atoms. The monoisotopic (exact) mass is 587 g/mol. The van der Waals surface area contributed by atoms with Crippen LogP contribution in [0.3, 0.4) is 0 Å². The molecule has 2 aromatic carbocycles. The SMILES string of the molecule is CC(CNC(=O)OCc1ccccc1)COCC(C)(C(=O)CBr)c1cccc(I)c1. The van der Waals surface area contributed by atoms with Crippen LogP contribution in [0.2, 0.25) is 0 Å². The van der Waals surface area contributed by atoms with Crippen LogP contribution in [-0.4, -0.2) is 37.0 Å². The molecule has 162 valence electrons. The Morgan fingerprint density at radius 2 is 1.90 bits per heavy atom. The maximum absolute atomic E-state index is 12.6. The van der Waals surface area contributed by atoms with Crippen molar-refractivity contribution in [1.82, 2.24) is 5.32 Å². The van der Waals surface area contributed by atoms with Gasteiger partial charge in [-0.2, -0.15) is 0 Å². The molecule has 0 saturated carbocycles. The predicted molar refractivity (Wildman–Crippen MR) is 130 cm³/mol. The summed E-state index contributed by atoms with van der Waals surface area (Å²) < 4.78 is 12.2. The van der Waals surface area contributed by atoms with Crippen molar-refractivity contribution < 1.29 is 19.1 Å². The van der Waals surface area contributed by atoms with Crippen LogP contribution in [-0.2, 0) is 26.3 Å². The van der Waals surface area contributed by atoms with Crippen LogP contribution in [0, 0.1) is 9.49 Å². The van der Waals surface area contributed by atoms with E-state index in [1.54, 1.807) is 0 Å². The third-order valence-corrected chi connectivity index (χ3v) is 5.98. The number of amides is 1. The van der Waals surface area contributed by atoms with Gasteiger partial charge in [0.25, 0.3) is 0 Å². The summed E-state index contributed by atoms with van der Waals surface area (Å²) >= 11 is 5.53. The van der Waals surface area contributed by atoms with E-state index in [-0.39, 0.29) is 30.2 Å². The van der Waals surface area contributed by atoms with E-state index in [9.17, 15) is 9.59 Å². The minimum atomic E-state index is -0.730. The fourth-order valence-corrected chi connectivity index (χ4v) is 4.02. The standard InChI is InChI=1S/C23H27BrINO4/c1-17(13-26-22(28)30-15-18-7-4-3-5-8-18)14-29-16-23(2,21(27)12-24)19-9-6-10-20(25)11-19/h3-11,17H,12-16H2,1-2H3,(H,26,28). The van der Waals surface area contributed by atoms with Gasteiger partial charge in [0.1, 0.15) is 6.61 Å². The van der Waals surface area contributed by atoms with Crippen molar-refractivity contribution in [2.75, 3.05) is 25.1 Å². The lowest BCUT2D eigenvalue weighted by Gasteiger charge is -2.29. The molecular weight excluding hydrogens is 561 g/mol. The van der Waals surface area contributed by atoms with E-state index in [2.05, 4.69) is 43.8 Å². The van der Waals surface area contributed by atoms with Crippen molar-refractivity contribution in [3.63, 3.8) is 0 Å². The van der Waals surface area contributed by atoms with E-state index in [4.69, 9.17) is 9.47 Å². The molecule has 1 amide bonds. The highest BCUT2D eigenvalue weighted by molar-refractivity contribution is 14.1. The summed E-state index contributed by atoms with van der Waals surface area (Å²) in [4.78, 5) is 24.5. The van der Waals surface area contributed by atoms with Crippen molar-refractivity contribution in [1.29, 1.82) is 0 Å². The average molecular weight is 588 g/mol. The number of benzene rings is 2. The Hall–Kier alpha value is -1.45. The van der Waals surface area contributed by atoms with Crippen LogP contribution >= 0.6 is 38.5 Å². The minimum absolute atomic E-state index is 0.0692. The van der Waals surface area contributed by atoms with E-state index in [0.29, 0.717) is 13.2 Å². The van der Waals surface area contributed by atoms with Crippen molar-refractivity contribution in [2.24, 2.45) is 5.92 Å². The smallest absolute Gasteiger partial charge is 0.407 e. The second-order valence-corrected chi connectivity index (χ2v) is 9.27. The number of Topliss-reactive ketones (excluding diaryl/α,β-unsaturated/α-hetero) is 1. The van der Waals surface area contributed by atoms with E-state index in [1.807, 2.05) is 68.4 Å². The van der Waals surface area contributed by atoms with Crippen LogP contribution in [0.1, 0.15) is 25.0 Å². The number of halogens is 2. The number of hydrogen-bond donors (Lipinski definition) is 1. The predicted octanol–water partition coefficient (Wildman–Crippen LogP) is 5.09. The molecule has 1 N–H and O–H groups in total. The molecule has 0 fully saturated rings. The zero-order valence-electron chi connectivity index (χ0n) is 17.2. The fraction of sp³-hybridized carbons (Fsp3) is 0.391. The first kappa shape index (κ1) is 24.8. The van der Waals surface area contributed by atoms with Crippen LogP contribution in [0.4, 0.5) is 4.79 Å². The molecule has 0 aliphatic rings. The Morgan fingerprint density at radius 3 is 2.57 bits per heavy atom. The Kier molecular flexibility index (Phi) is 10.3. The van der Waals surface area contributed by atoms with Gasteiger partial charge < -0.3 is 14.8 Å². The fourth-order valence-electron chi connectivity index (χ4n) is 2.86. The Labute approximate surface area is 200 Å². The summed E-state index contributed by atoms with van der Waals surface area (Å²) in [5.41, 5.74) is 1.15. The number of nitrogens with one attached hydrogen (secondary N) is 1. The highest BCUT2D eigenvalue weighted by atomic mass is 127. The van der Waals surface area contributed by atoms with Gasteiger partial charge in [-0.05, 0) is 58.7 Å². The van der Waals surface area contributed by atoms with Gasteiger partial charge >= 0.3 is 6.09 Å². The van der Waals surface area contributed by atoms with Crippen LogP contribution in [0.15, 0.2) is 54.6 Å². The third kappa shape index (κ3) is 7.67. The summed E-state index contributed by atoms with van der Waals surface area (Å²) in [6, 6.07) is 17.4. The number of hydrogen-bond acceptors (Lipinski definition) is 4. The van der Waals surface area contributed by atoms with Crippen LogP contribution in [0.25, 0.3) is 0 Å². The molecule has 0 radical (unpaired) electrons. The number of ketones is 1. The lowest BCUT2D eigenvalue weighted by molar-refractivity contribution is -0.123. The zero-order chi connectivity index (χ0) is 22.0. The second-order valence-electron chi connectivity index (χ2n) is 7.46. The Morgan fingerprint density at radius 1 is 1.17 bits per heavy atom. The molecule has 0 aliphatic heterocycles. The first-order valence-corrected chi connectivity index (χ1v) is 11.9. The van der Waals surface area contributed by atoms with E-state index < -0.39 is 11.5 Å². The van der Waals surface area contributed by atoms with Gasteiger partial charge in [0.05, 0.1) is 24.0 Å². The molecule has 0 aromatic heterocycles. The van der Waals surface area contributed by atoms with Gasteiger partial charge in [-0.1, -0.05) is 65.3 Å². The number of carbonyl (C=O) groups excluding carboxylic acids is 2. The minimum Gasteiger partial charge on any atom is -0.445 e. The number of carbonyl (C=O) groups is 2. The molecule has 2 atom stereocenters. The summed E-state index contributed by atoms with van der Waals surface area (Å²) in [5, 5.41) is 3.02. The van der Waals surface area contributed by atoms with Crippen molar-refractivity contribution >= 4 is 50.4 Å². The zero-order valence-corrected chi connectivity index (χ0v) is 20.9. The molecule has 0 aliphatic carbocycles. The van der Waals surface area contributed by atoms with Crippen LogP contribution < -0.4 is 5.32 Å². The highest BCUT2D eigenvalue weighted by Gasteiger charge is 2.34. The first-order chi connectivity index (χ1) is 14.3.